The Hall–Kier alpha value is -0.570. The van der Waals surface area contributed by atoms with E-state index in [1.54, 1.807) is 0 Å². The van der Waals surface area contributed by atoms with Crippen LogP contribution in [0, 0.1) is 5.92 Å². The normalized spacial score (nSPS) is 17.1. The van der Waals surface area contributed by atoms with Gasteiger partial charge in [0.25, 0.3) is 0 Å². The second kappa shape index (κ2) is 5.14. The molecule has 0 aromatic heterocycles. The van der Waals surface area contributed by atoms with E-state index in [9.17, 15) is 4.79 Å². The van der Waals surface area contributed by atoms with Gasteiger partial charge in [-0.25, -0.2) is 0 Å². The molecule has 1 aliphatic rings. The molecule has 3 nitrogen and oxygen atoms in total. The number of hydrogen-bond acceptors (Lipinski definition) is 2. The molecule has 1 aliphatic carbocycles. The zero-order chi connectivity index (χ0) is 8.81. The molecule has 1 fully saturated rings. The van der Waals surface area contributed by atoms with Gasteiger partial charge in [-0.15, -0.1) is 0 Å². The first-order valence-corrected chi connectivity index (χ1v) is 4.79. The average Bonchev–Trinajstić information content (AvgIpc) is 1.98. The monoisotopic (exact) mass is 170 g/mol. The molecule has 12 heavy (non-hydrogen) atoms. The quantitative estimate of drug-likeness (QED) is 0.595. The number of nitrogens with one attached hydrogen (secondary N) is 1. The fourth-order valence-electron chi connectivity index (χ4n) is 1.36. The first-order chi connectivity index (χ1) is 5.83. The van der Waals surface area contributed by atoms with Crippen LogP contribution in [0.4, 0.5) is 0 Å². The third-order valence-corrected chi connectivity index (χ3v) is 2.40. The van der Waals surface area contributed by atoms with Crippen LogP contribution in [0.15, 0.2) is 0 Å². The van der Waals surface area contributed by atoms with Crippen LogP contribution in [0.2, 0.25) is 0 Å². The minimum Gasteiger partial charge on any atom is -0.356 e. The fraction of sp³-hybridized carbons (Fsp3) is 0.889. The summed E-state index contributed by atoms with van der Waals surface area (Å²) in [6.45, 7) is 1.39. The van der Waals surface area contributed by atoms with Gasteiger partial charge < -0.3 is 11.1 Å². The van der Waals surface area contributed by atoms with E-state index >= 15 is 0 Å². The maximum Gasteiger partial charge on any atom is 0.220 e. The minimum atomic E-state index is 0.202. The molecule has 3 N–H and O–H groups in total. The highest BCUT2D eigenvalue weighted by Crippen LogP contribution is 2.28. The van der Waals surface area contributed by atoms with E-state index in [1.807, 2.05) is 0 Å². The van der Waals surface area contributed by atoms with Crippen LogP contribution in [0.5, 0.6) is 0 Å². The Morgan fingerprint density at radius 2 is 2.25 bits per heavy atom. The summed E-state index contributed by atoms with van der Waals surface area (Å²) < 4.78 is 0. The van der Waals surface area contributed by atoms with Gasteiger partial charge in [0.15, 0.2) is 0 Å². The third kappa shape index (κ3) is 3.22. The Bertz CT molecular complexity index is 143. The van der Waals surface area contributed by atoms with Crippen molar-refractivity contribution in [2.45, 2.75) is 32.1 Å². The van der Waals surface area contributed by atoms with E-state index in [1.165, 1.54) is 19.3 Å². The molecular weight excluding hydrogens is 152 g/mol. The van der Waals surface area contributed by atoms with Crippen molar-refractivity contribution in [1.29, 1.82) is 0 Å². The van der Waals surface area contributed by atoms with E-state index in [4.69, 9.17) is 5.73 Å². The lowest BCUT2D eigenvalue weighted by Crippen LogP contribution is -2.29. The third-order valence-electron chi connectivity index (χ3n) is 2.40. The van der Waals surface area contributed by atoms with E-state index < -0.39 is 0 Å². The predicted octanol–water partition coefficient (Wildman–Crippen LogP) is 0.642. The summed E-state index contributed by atoms with van der Waals surface area (Å²) in [6.07, 6.45) is 5.40. The summed E-state index contributed by atoms with van der Waals surface area (Å²) in [5, 5.41) is 2.86. The van der Waals surface area contributed by atoms with Crippen LogP contribution in [-0.2, 0) is 4.79 Å². The molecule has 1 amide bonds. The standard InChI is InChI=1S/C9H18N2O/c10-5-2-6-11-9(12)7-8-3-1-4-8/h8H,1-7,10H2,(H,11,12). The number of nitrogens with two attached hydrogens (primary N) is 1. The van der Waals surface area contributed by atoms with Crippen LogP contribution in [0.25, 0.3) is 0 Å². The molecule has 1 saturated carbocycles. The van der Waals surface area contributed by atoms with E-state index in [2.05, 4.69) is 5.32 Å². The first kappa shape index (κ1) is 9.52. The maximum atomic E-state index is 11.2. The van der Waals surface area contributed by atoms with Gasteiger partial charge in [0, 0.05) is 13.0 Å². The SMILES string of the molecule is NCCCNC(=O)CC1CCC1. The van der Waals surface area contributed by atoms with Crippen molar-refractivity contribution in [1.82, 2.24) is 5.32 Å². The van der Waals surface area contributed by atoms with Gasteiger partial charge in [-0.2, -0.15) is 0 Å². The van der Waals surface area contributed by atoms with Gasteiger partial charge in [-0.1, -0.05) is 6.42 Å². The molecule has 0 aromatic carbocycles. The van der Waals surface area contributed by atoms with Gasteiger partial charge in [0.2, 0.25) is 5.91 Å². The molecule has 0 saturated heterocycles. The lowest BCUT2D eigenvalue weighted by Gasteiger charge is -2.24. The molecule has 0 bridgehead atoms. The van der Waals surface area contributed by atoms with Crippen LogP contribution in [0.3, 0.4) is 0 Å². The van der Waals surface area contributed by atoms with Crippen molar-refractivity contribution in [3.8, 4) is 0 Å². The molecule has 1 rings (SSSR count). The number of rotatable bonds is 5. The second-order valence-corrected chi connectivity index (χ2v) is 3.49. The average molecular weight is 170 g/mol. The Morgan fingerprint density at radius 1 is 1.50 bits per heavy atom. The molecule has 3 heteroatoms. The Kier molecular flexibility index (Phi) is 4.08. The molecule has 70 valence electrons. The highest BCUT2D eigenvalue weighted by atomic mass is 16.1. The highest BCUT2D eigenvalue weighted by molar-refractivity contribution is 5.76. The van der Waals surface area contributed by atoms with Crippen molar-refractivity contribution in [3.63, 3.8) is 0 Å². The lowest BCUT2D eigenvalue weighted by atomic mass is 9.83. The molecule has 0 heterocycles. The van der Waals surface area contributed by atoms with Crippen LogP contribution in [-0.4, -0.2) is 19.0 Å². The number of hydrogen-bond donors (Lipinski definition) is 2. The number of amides is 1. The van der Waals surface area contributed by atoms with Crippen molar-refractivity contribution >= 4 is 5.91 Å². The minimum absolute atomic E-state index is 0.202. The summed E-state index contributed by atoms with van der Waals surface area (Å²) >= 11 is 0. The van der Waals surface area contributed by atoms with Crippen molar-refractivity contribution in [2.75, 3.05) is 13.1 Å². The van der Waals surface area contributed by atoms with Gasteiger partial charge in [0.05, 0.1) is 0 Å². The van der Waals surface area contributed by atoms with Crippen molar-refractivity contribution in [2.24, 2.45) is 11.7 Å². The first-order valence-electron chi connectivity index (χ1n) is 4.79. The lowest BCUT2D eigenvalue weighted by molar-refractivity contribution is -0.122. The van der Waals surface area contributed by atoms with Gasteiger partial charge in [-0.3, -0.25) is 4.79 Å². The summed E-state index contributed by atoms with van der Waals surface area (Å²) in [5.41, 5.74) is 5.30. The van der Waals surface area contributed by atoms with E-state index in [-0.39, 0.29) is 5.91 Å². The van der Waals surface area contributed by atoms with Gasteiger partial charge >= 0.3 is 0 Å². The largest absolute Gasteiger partial charge is 0.356 e. The molecule has 0 spiro atoms. The number of carbonyl (C=O) groups is 1. The highest BCUT2D eigenvalue weighted by Gasteiger charge is 2.19. The zero-order valence-corrected chi connectivity index (χ0v) is 7.51. The smallest absolute Gasteiger partial charge is 0.220 e. The Morgan fingerprint density at radius 3 is 2.75 bits per heavy atom. The summed E-state index contributed by atoms with van der Waals surface area (Å²) in [7, 11) is 0. The second-order valence-electron chi connectivity index (χ2n) is 3.49. The van der Waals surface area contributed by atoms with Gasteiger partial charge in [0.1, 0.15) is 0 Å². The Labute approximate surface area is 73.7 Å². The molecular formula is C9H18N2O. The molecule has 0 radical (unpaired) electrons. The Balaban J connectivity index is 1.95. The van der Waals surface area contributed by atoms with Crippen molar-refractivity contribution < 1.29 is 4.79 Å². The van der Waals surface area contributed by atoms with Crippen LogP contribution < -0.4 is 11.1 Å². The van der Waals surface area contributed by atoms with Crippen molar-refractivity contribution in [3.05, 3.63) is 0 Å². The topological polar surface area (TPSA) is 55.1 Å². The summed E-state index contributed by atoms with van der Waals surface area (Å²) in [4.78, 5) is 11.2. The molecule has 0 unspecified atom stereocenters. The fourth-order valence-corrected chi connectivity index (χ4v) is 1.36. The van der Waals surface area contributed by atoms with E-state index in [0.717, 1.165) is 19.4 Å². The molecule has 0 atom stereocenters. The number of carbonyl (C=O) groups excluding carboxylic acids is 1. The summed E-state index contributed by atoms with van der Waals surface area (Å²) in [6, 6.07) is 0. The van der Waals surface area contributed by atoms with Gasteiger partial charge in [-0.05, 0) is 31.7 Å². The molecule has 0 aromatic rings. The zero-order valence-electron chi connectivity index (χ0n) is 7.51. The van der Waals surface area contributed by atoms with E-state index in [0.29, 0.717) is 12.5 Å². The van der Waals surface area contributed by atoms with Crippen LogP contribution in [0.1, 0.15) is 32.1 Å². The summed E-state index contributed by atoms with van der Waals surface area (Å²) in [5.74, 6) is 0.871. The maximum absolute atomic E-state index is 11.2. The molecule has 0 aliphatic heterocycles. The van der Waals surface area contributed by atoms with Crippen LogP contribution >= 0.6 is 0 Å². The predicted molar refractivity (Wildman–Crippen MR) is 48.6 cm³/mol.